The lowest BCUT2D eigenvalue weighted by Crippen LogP contribution is -2.11. The van der Waals surface area contributed by atoms with E-state index in [0.717, 1.165) is 0 Å². The molecular weight excluding hydrogens is 435 g/mol. The van der Waals surface area contributed by atoms with Crippen molar-refractivity contribution in [2.75, 3.05) is 19.8 Å². The maximum Gasteiger partial charge on any atom is 0.220 e. The molecule has 0 radical (unpaired) electrons. The van der Waals surface area contributed by atoms with Crippen LogP contribution in [-0.2, 0) is 0 Å². The summed E-state index contributed by atoms with van der Waals surface area (Å²) in [6.45, 7) is 7.64. The summed E-state index contributed by atoms with van der Waals surface area (Å²) in [5.74, 6) is 1.26. The minimum Gasteiger partial charge on any atom is -0.490 e. The molecule has 0 aliphatic rings. The van der Waals surface area contributed by atoms with E-state index < -0.39 is 5.25 Å². The first-order valence-corrected chi connectivity index (χ1v) is 10.8. The lowest BCUT2D eigenvalue weighted by Gasteiger charge is -2.17. The smallest absolute Gasteiger partial charge is 0.220 e. The summed E-state index contributed by atoms with van der Waals surface area (Å²) in [5.41, 5.74) is 1.35. The third kappa shape index (κ3) is 5.64. The zero-order chi connectivity index (χ0) is 23.1. The van der Waals surface area contributed by atoms with Crippen LogP contribution in [0.2, 0.25) is 0 Å². The third-order valence-corrected chi connectivity index (χ3v) is 5.62. The van der Waals surface area contributed by atoms with Crippen molar-refractivity contribution in [1.29, 1.82) is 0 Å². The van der Waals surface area contributed by atoms with Crippen molar-refractivity contribution in [3.63, 3.8) is 0 Å². The summed E-state index contributed by atoms with van der Waals surface area (Å²) in [5, 5.41) is 19.6. The van der Waals surface area contributed by atoms with Crippen molar-refractivity contribution < 1.29 is 18.8 Å². The van der Waals surface area contributed by atoms with E-state index in [2.05, 4.69) is 16.8 Å². The van der Waals surface area contributed by atoms with Crippen molar-refractivity contribution in [3.05, 3.63) is 82.4 Å². The molecule has 1 aromatic heterocycles. The van der Waals surface area contributed by atoms with Crippen molar-refractivity contribution in [2.45, 2.75) is 24.3 Å². The molecule has 0 saturated carbocycles. The minimum atomic E-state index is -0.569. The molecule has 168 valence electrons. The van der Waals surface area contributed by atoms with Crippen LogP contribution in [0.1, 0.15) is 23.6 Å². The monoisotopic (exact) mass is 458 g/mol. The molecule has 0 spiro atoms. The zero-order valence-electron chi connectivity index (χ0n) is 17.7. The number of nitro groups is 1. The maximum absolute atomic E-state index is 13.4. The van der Waals surface area contributed by atoms with Gasteiger partial charge in [-0.05, 0) is 55.8 Å². The SMILES string of the molecule is C=CCOc1ccc([C@@H](C[N+](=O)[O-])Sc2nnc(C)n2-c2ccc(F)cc2)cc1OCC. The van der Waals surface area contributed by atoms with Gasteiger partial charge in [-0.2, -0.15) is 0 Å². The summed E-state index contributed by atoms with van der Waals surface area (Å²) in [7, 11) is 0. The van der Waals surface area contributed by atoms with Gasteiger partial charge in [0, 0.05) is 10.6 Å². The predicted octanol–water partition coefficient (Wildman–Crippen LogP) is 4.79. The molecule has 0 aliphatic carbocycles. The van der Waals surface area contributed by atoms with Crippen LogP contribution < -0.4 is 9.47 Å². The van der Waals surface area contributed by atoms with Gasteiger partial charge in [-0.15, -0.1) is 10.2 Å². The lowest BCUT2D eigenvalue weighted by atomic mass is 10.1. The summed E-state index contributed by atoms with van der Waals surface area (Å²) in [6, 6.07) is 11.1. The second kappa shape index (κ2) is 10.8. The molecule has 10 heteroatoms. The molecule has 32 heavy (non-hydrogen) atoms. The highest BCUT2D eigenvalue weighted by molar-refractivity contribution is 7.99. The van der Waals surface area contributed by atoms with E-state index in [1.54, 1.807) is 47.9 Å². The van der Waals surface area contributed by atoms with E-state index in [1.807, 2.05) is 6.92 Å². The number of aromatic nitrogens is 3. The van der Waals surface area contributed by atoms with Crippen molar-refractivity contribution >= 4 is 11.8 Å². The van der Waals surface area contributed by atoms with Gasteiger partial charge in [0.2, 0.25) is 6.54 Å². The number of thioether (sulfide) groups is 1. The molecular formula is C22H23FN4O4S. The van der Waals surface area contributed by atoms with Crippen LogP contribution in [0.5, 0.6) is 11.5 Å². The fraction of sp³-hybridized carbons (Fsp3) is 0.273. The highest BCUT2D eigenvalue weighted by Crippen LogP contribution is 2.39. The number of hydrogen-bond donors (Lipinski definition) is 0. The summed E-state index contributed by atoms with van der Waals surface area (Å²) in [6.07, 6.45) is 1.62. The Morgan fingerprint density at radius 1 is 1.22 bits per heavy atom. The van der Waals surface area contributed by atoms with Crippen LogP contribution in [-0.4, -0.2) is 39.4 Å². The van der Waals surface area contributed by atoms with Gasteiger partial charge < -0.3 is 9.47 Å². The van der Waals surface area contributed by atoms with Gasteiger partial charge in [-0.25, -0.2) is 4.39 Å². The Morgan fingerprint density at radius 2 is 1.97 bits per heavy atom. The van der Waals surface area contributed by atoms with Crippen molar-refractivity contribution in [2.24, 2.45) is 0 Å². The largest absolute Gasteiger partial charge is 0.490 e. The topological polar surface area (TPSA) is 92.3 Å². The number of rotatable bonds is 11. The molecule has 0 aliphatic heterocycles. The Balaban J connectivity index is 1.97. The second-order valence-corrected chi connectivity index (χ2v) is 7.87. The lowest BCUT2D eigenvalue weighted by molar-refractivity contribution is -0.479. The first-order valence-electron chi connectivity index (χ1n) is 9.89. The Bertz CT molecular complexity index is 1090. The Labute approximate surface area is 189 Å². The number of nitrogens with zero attached hydrogens (tertiary/aromatic N) is 4. The number of hydrogen-bond acceptors (Lipinski definition) is 7. The first kappa shape index (κ1) is 23.3. The van der Waals surface area contributed by atoms with Crippen LogP contribution in [0.25, 0.3) is 5.69 Å². The van der Waals surface area contributed by atoms with E-state index in [9.17, 15) is 14.5 Å². The number of halogens is 1. The number of aryl methyl sites for hydroxylation is 1. The second-order valence-electron chi connectivity index (χ2n) is 6.70. The average molecular weight is 459 g/mol. The molecule has 3 aromatic rings. The number of ether oxygens (including phenoxy) is 2. The molecule has 0 bridgehead atoms. The van der Waals surface area contributed by atoms with Crippen LogP contribution >= 0.6 is 11.8 Å². The molecule has 0 fully saturated rings. The highest BCUT2D eigenvalue weighted by Gasteiger charge is 2.25. The predicted molar refractivity (Wildman–Crippen MR) is 120 cm³/mol. The standard InChI is InChI=1S/C22H23FN4O4S/c1-4-12-31-19-11-6-16(13-20(19)30-5-2)21(14-26(28)29)32-22-25-24-15(3)27(22)18-9-7-17(23)8-10-18/h4,6-11,13,21H,1,5,12,14H2,2-3H3/t21-/m1/s1. The van der Waals surface area contributed by atoms with Gasteiger partial charge in [-0.3, -0.25) is 14.7 Å². The molecule has 0 saturated heterocycles. The van der Waals surface area contributed by atoms with E-state index in [-0.39, 0.29) is 17.3 Å². The first-order chi connectivity index (χ1) is 15.4. The number of benzene rings is 2. The molecule has 0 amide bonds. The van der Waals surface area contributed by atoms with Crippen LogP contribution in [0.4, 0.5) is 4.39 Å². The van der Waals surface area contributed by atoms with Crippen LogP contribution in [0.15, 0.2) is 60.3 Å². The normalized spacial score (nSPS) is 11.7. The fourth-order valence-corrected chi connectivity index (χ4v) is 4.21. The van der Waals surface area contributed by atoms with Gasteiger partial charge in [0.25, 0.3) is 0 Å². The highest BCUT2D eigenvalue weighted by atomic mass is 32.2. The molecule has 0 unspecified atom stereocenters. The Hall–Kier alpha value is -3.40. The van der Waals surface area contributed by atoms with E-state index >= 15 is 0 Å². The van der Waals surface area contributed by atoms with Crippen molar-refractivity contribution in [1.82, 2.24) is 14.8 Å². The maximum atomic E-state index is 13.4. The molecule has 2 aromatic carbocycles. The van der Waals surface area contributed by atoms with Crippen LogP contribution in [0, 0.1) is 22.9 Å². The summed E-state index contributed by atoms with van der Waals surface area (Å²) >= 11 is 1.21. The zero-order valence-corrected chi connectivity index (χ0v) is 18.5. The van der Waals surface area contributed by atoms with Gasteiger partial charge in [0.05, 0.1) is 6.61 Å². The van der Waals surface area contributed by atoms with Gasteiger partial charge in [-0.1, -0.05) is 30.5 Å². The molecule has 3 rings (SSSR count). The molecule has 1 heterocycles. The van der Waals surface area contributed by atoms with Gasteiger partial charge >= 0.3 is 0 Å². The fourth-order valence-electron chi connectivity index (χ4n) is 3.04. The van der Waals surface area contributed by atoms with Gasteiger partial charge in [0.15, 0.2) is 16.7 Å². The molecule has 8 nitrogen and oxygen atoms in total. The summed E-state index contributed by atoms with van der Waals surface area (Å²) < 4.78 is 26.4. The Morgan fingerprint density at radius 3 is 2.62 bits per heavy atom. The quantitative estimate of drug-likeness (QED) is 0.177. The van der Waals surface area contributed by atoms with E-state index in [0.29, 0.717) is 46.9 Å². The average Bonchev–Trinajstić information content (AvgIpc) is 3.13. The Kier molecular flexibility index (Phi) is 7.82. The van der Waals surface area contributed by atoms with Gasteiger partial charge in [0.1, 0.15) is 23.5 Å². The molecule has 1 atom stereocenters. The third-order valence-electron chi connectivity index (χ3n) is 4.44. The van der Waals surface area contributed by atoms with Crippen LogP contribution in [0.3, 0.4) is 0 Å². The summed E-state index contributed by atoms with van der Waals surface area (Å²) in [4.78, 5) is 11.1. The minimum absolute atomic E-state index is 0.312. The molecule has 0 N–H and O–H groups in total. The van der Waals surface area contributed by atoms with Crippen molar-refractivity contribution in [3.8, 4) is 17.2 Å². The van der Waals surface area contributed by atoms with E-state index in [4.69, 9.17) is 9.47 Å². The van der Waals surface area contributed by atoms with E-state index in [1.165, 1.54) is 23.9 Å².